The molecule has 0 amide bonds. The van der Waals surface area contributed by atoms with Gasteiger partial charge in [-0.1, -0.05) is 18.2 Å². The van der Waals surface area contributed by atoms with Crippen molar-refractivity contribution in [2.75, 3.05) is 0 Å². The Kier molecular flexibility index (Phi) is 3.57. The minimum atomic E-state index is 0.732. The van der Waals surface area contributed by atoms with Crippen LogP contribution in [0, 0.1) is 0 Å². The molecular weight excluding hydrogens is 242 g/mol. The number of aromatic nitrogens is 2. The fraction of sp³-hybridized carbons (Fsp3) is 0.286. The van der Waals surface area contributed by atoms with E-state index in [0.717, 1.165) is 17.7 Å². The lowest BCUT2D eigenvalue weighted by Gasteiger charge is -2.08. The van der Waals surface area contributed by atoms with Gasteiger partial charge in [0.25, 0.3) is 0 Å². The molecule has 0 unspecified atom stereocenters. The van der Waals surface area contributed by atoms with Gasteiger partial charge in [0.15, 0.2) is 5.16 Å². The summed E-state index contributed by atoms with van der Waals surface area (Å²) in [4.78, 5) is 9.74. The van der Waals surface area contributed by atoms with Crippen molar-refractivity contribution >= 4 is 11.8 Å². The van der Waals surface area contributed by atoms with E-state index in [-0.39, 0.29) is 0 Å². The molecule has 1 saturated carbocycles. The molecule has 18 heavy (non-hydrogen) atoms. The molecule has 1 aliphatic rings. The molecule has 0 atom stereocenters. The number of nitrogens with zero attached hydrogens (tertiary/aromatic N) is 2. The largest absolute Gasteiger partial charge is 0.310 e. The zero-order valence-electron chi connectivity index (χ0n) is 10.0. The van der Waals surface area contributed by atoms with Crippen LogP contribution in [-0.2, 0) is 6.54 Å². The highest BCUT2D eigenvalue weighted by atomic mass is 32.2. The Morgan fingerprint density at radius 3 is 2.67 bits per heavy atom. The van der Waals surface area contributed by atoms with E-state index in [2.05, 4.69) is 39.6 Å². The summed E-state index contributed by atoms with van der Waals surface area (Å²) >= 11 is 1.62. The molecule has 92 valence electrons. The van der Waals surface area contributed by atoms with Crippen LogP contribution in [-0.4, -0.2) is 16.0 Å². The third-order valence-corrected chi connectivity index (χ3v) is 3.89. The molecule has 1 aliphatic carbocycles. The van der Waals surface area contributed by atoms with Crippen LogP contribution in [0.3, 0.4) is 0 Å². The molecule has 0 saturated heterocycles. The Bertz CT molecular complexity index is 511. The van der Waals surface area contributed by atoms with Gasteiger partial charge in [0.2, 0.25) is 0 Å². The summed E-state index contributed by atoms with van der Waals surface area (Å²) in [5, 5.41) is 4.35. The Hall–Kier alpha value is -1.39. The Balaban J connectivity index is 1.73. The van der Waals surface area contributed by atoms with Crippen LogP contribution >= 0.6 is 11.8 Å². The van der Waals surface area contributed by atoms with Crippen molar-refractivity contribution < 1.29 is 0 Å². The summed E-state index contributed by atoms with van der Waals surface area (Å²) in [6.45, 7) is 0.931. The van der Waals surface area contributed by atoms with Crippen LogP contribution in [0.25, 0.3) is 0 Å². The standard InChI is InChI=1S/C14H15N3S/c1-2-5-13(18-14-15-8-3-9-16-14)11(4-1)10-17-12-6-7-12/h1-5,8-9,12,17H,6-7,10H2. The maximum Gasteiger partial charge on any atom is 0.192 e. The van der Waals surface area contributed by atoms with E-state index in [4.69, 9.17) is 0 Å². The minimum absolute atomic E-state index is 0.732. The van der Waals surface area contributed by atoms with Crippen molar-refractivity contribution in [3.63, 3.8) is 0 Å². The van der Waals surface area contributed by atoms with Gasteiger partial charge < -0.3 is 5.32 Å². The second kappa shape index (κ2) is 5.50. The van der Waals surface area contributed by atoms with E-state index < -0.39 is 0 Å². The fourth-order valence-corrected chi connectivity index (χ4v) is 2.57. The molecule has 1 aromatic carbocycles. The monoisotopic (exact) mass is 257 g/mol. The molecule has 0 bridgehead atoms. The first-order valence-electron chi connectivity index (χ1n) is 6.18. The normalized spacial score (nSPS) is 14.7. The first-order valence-corrected chi connectivity index (χ1v) is 6.99. The van der Waals surface area contributed by atoms with E-state index in [0.29, 0.717) is 0 Å². The Morgan fingerprint density at radius 1 is 1.11 bits per heavy atom. The number of nitrogens with one attached hydrogen (secondary N) is 1. The van der Waals surface area contributed by atoms with Gasteiger partial charge in [-0.3, -0.25) is 0 Å². The molecule has 0 radical (unpaired) electrons. The summed E-state index contributed by atoms with van der Waals surface area (Å²) in [5.74, 6) is 0. The molecular formula is C14H15N3S. The van der Waals surface area contributed by atoms with Crippen LogP contribution in [0.5, 0.6) is 0 Å². The summed E-state index contributed by atoms with van der Waals surface area (Å²) in [5.41, 5.74) is 1.32. The topological polar surface area (TPSA) is 37.8 Å². The van der Waals surface area contributed by atoms with E-state index in [1.54, 1.807) is 24.2 Å². The van der Waals surface area contributed by atoms with Crippen molar-refractivity contribution in [3.8, 4) is 0 Å². The number of rotatable bonds is 5. The molecule has 3 nitrogen and oxygen atoms in total. The maximum atomic E-state index is 4.25. The van der Waals surface area contributed by atoms with Gasteiger partial charge in [-0.25, -0.2) is 9.97 Å². The zero-order valence-corrected chi connectivity index (χ0v) is 10.9. The second-order valence-corrected chi connectivity index (χ2v) is 5.41. The van der Waals surface area contributed by atoms with E-state index in [1.807, 2.05) is 6.07 Å². The highest BCUT2D eigenvalue weighted by Crippen LogP contribution is 2.28. The summed E-state index contributed by atoms with van der Waals surface area (Å²) < 4.78 is 0. The predicted molar refractivity (Wildman–Crippen MR) is 72.5 cm³/mol. The van der Waals surface area contributed by atoms with Crippen molar-refractivity contribution in [3.05, 3.63) is 48.3 Å². The van der Waals surface area contributed by atoms with Crippen LogP contribution in [0.15, 0.2) is 52.8 Å². The van der Waals surface area contributed by atoms with Crippen molar-refractivity contribution in [2.24, 2.45) is 0 Å². The van der Waals surface area contributed by atoms with Crippen LogP contribution in [0.4, 0.5) is 0 Å². The summed E-state index contributed by atoms with van der Waals surface area (Å²) in [7, 11) is 0. The average Bonchev–Trinajstić information content (AvgIpc) is 3.23. The van der Waals surface area contributed by atoms with Crippen molar-refractivity contribution in [2.45, 2.75) is 35.5 Å². The maximum absolute atomic E-state index is 4.25. The molecule has 3 rings (SSSR count). The summed E-state index contributed by atoms with van der Waals surface area (Å²) in [6.07, 6.45) is 6.19. The van der Waals surface area contributed by atoms with Gasteiger partial charge in [-0.2, -0.15) is 0 Å². The van der Waals surface area contributed by atoms with E-state index >= 15 is 0 Å². The first kappa shape index (κ1) is 11.7. The lowest BCUT2D eigenvalue weighted by atomic mass is 10.2. The highest BCUT2D eigenvalue weighted by Gasteiger charge is 2.20. The number of benzene rings is 1. The second-order valence-electron chi connectivity index (χ2n) is 4.40. The Labute approximate surface area is 111 Å². The van der Waals surface area contributed by atoms with Gasteiger partial charge >= 0.3 is 0 Å². The smallest absolute Gasteiger partial charge is 0.192 e. The van der Waals surface area contributed by atoms with E-state index in [1.165, 1.54) is 23.3 Å². The molecule has 4 heteroatoms. The van der Waals surface area contributed by atoms with Crippen LogP contribution in [0.2, 0.25) is 0 Å². The quantitative estimate of drug-likeness (QED) is 0.836. The third kappa shape index (κ3) is 3.09. The molecule has 1 aromatic heterocycles. The van der Waals surface area contributed by atoms with Crippen LogP contribution in [0.1, 0.15) is 18.4 Å². The summed E-state index contributed by atoms with van der Waals surface area (Å²) in [6, 6.07) is 11.0. The van der Waals surface area contributed by atoms with Gasteiger partial charge in [0.1, 0.15) is 0 Å². The molecule has 0 aliphatic heterocycles. The lowest BCUT2D eigenvalue weighted by Crippen LogP contribution is -2.15. The Morgan fingerprint density at radius 2 is 1.89 bits per heavy atom. The van der Waals surface area contributed by atoms with Gasteiger partial charge in [-0.15, -0.1) is 0 Å². The number of hydrogen-bond donors (Lipinski definition) is 1. The fourth-order valence-electron chi connectivity index (χ4n) is 1.73. The lowest BCUT2D eigenvalue weighted by molar-refractivity contribution is 0.680. The third-order valence-electron chi connectivity index (χ3n) is 2.87. The SMILES string of the molecule is c1cnc(Sc2ccccc2CNC2CC2)nc1. The van der Waals surface area contributed by atoms with Gasteiger partial charge in [0.05, 0.1) is 0 Å². The molecule has 0 spiro atoms. The molecule has 1 heterocycles. The van der Waals surface area contributed by atoms with Gasteiger partial charge in [0, 0.05) is 29.9 Å². The van der Waals surface area contributed by atoms with Crippen molar-refractivity contribution in [1.82, 2.24) is 15.3 Å². The first-order chi connectivity index (χ1) is 8.92. The van der Waals surface area contributed by atoms with E-state index in [9.17, 15) is 0 Å². The number of hydrogen-bond acceptors (Lipinski definition) is 4. The van der Waals surface area contributed by atoms with Crippen LogP contribution < -0.4 is 5.32 Å². The van der Waals surface area contributed by atoms with Gasteiger partial charge in [-0.05, 0) is 42.3 Å². The molecule has 1 fully saturated rings. The van der Waals surface area contributed by atoms with Crippen molar-refractivity contribution in [1.29, 1.82) is 0 Å². The minimum Gasteiger partial charge on any atom is -0.310 e. The highest BCUT2D eigenvalue weighted by molar-refractivity contribution is 7.99. The molecule has 1 N–H and O–H groups in total. The predicted octanol–water partition coefficient (Wildman–Crippen LogP) is 2.88. The molecule has 2 aromatic rings. The zero-order chi connectivity index (χ0) is 12.2. The average molecular weight is 257 g/mol.